The van der Waals surface area contributed by atoms with Crippen molar-refractivity contribution in [1.82, 2.24) is 20.4 Å². The summed E-state index contributed by atoms with van der Waals surface area (Å²) in [6, 6.07) is 3.84. The molecule has 0 aliphatic carbocycles. The summed E-state index contributed by atoms with van der Waals surface area (Å²) >= 11 is 0. The van der Waals surface area contributed by atoms with Crippen LogP contribution in [0.3, 0.4) is 0 Å². The monoisotopic (exact) mass is 505 g/mol. The molecule has 0 spiro atoms. The van der Waals surface area contributed by atoms with E-state index < -0.39 is 11.6 Å². The lowest BCUT2D eigenvalue weighted by atomic mass is 10.0. The number of guanidine groups is 1. The summed E-state index contributed by atoms with van der Waals surface area (Å²) in [4.78, 5) is 4.24. The Hall–Kier alpha value is -1.71. The third kappa shape index (κ3) is 6.15. The van der Waals surface area contributed by atoms with Gasteiger partial charge < -0.3 is 10.6 Å². The number of nitrogens with one attached hydrogen (secondary N) is 2. The summed E-state index contributed by atoms with van der Waals surface area (Å²) < 4.78 is 28.9. The number of aromatic nitrogens is 2. The molecule has 0 radical (unpaired) electrons. The lowest BCUT2D eigenvalue weighted by Gasteiger charge is -2.20. The molecule has 8 heteroatoms. The van der Waals surface area contributed by atoms with E-state index in [0.29, 0.717) is 18.1 Å². The summed E-state index contributed by atoms with van der Waals surface area (Å²) in [5.74, 6) is -0.565. The molecule has 1 heterocycles. The van der Waals surface area contributed by atoms with Gasteiger partial charge in [0.05, 0.1) is 5.69 Å². The zero-order chi connectivity index (χ0) is 20.1. The molecule has 28 heavy (non-hydrogen) atoms. The van der Waals surface area contributed by atoms with Crippen molar-refractivity contribution in [2.45, 2.75) is 46.1 Å². The molecule has 2 N–H and O–H groups in total. The van der Waals surface area contributed by atoms with Crippen molar-refractivity contribution >= 4 is 29.9 Å². The third-order valence-corrected chi connectivity index (χ3v) is 4.85. The Labute approximate surface area is 183 Å². The number of halogens is 3. The summed E-state index contributed by atoms with van der Waals surface area (Å²) in [7, 11) is 3.64. The highest BCUT2D eigenvalue weighted by Gasteiger charge is 2.15. The zero-order valence-corrected chi connectivity index (χ0v) is 19.6. The summed E-state index contributed by atoms with van der Waals surface area (Å²) in [5, 5.41) is 11.0. The van der Waals surface area contributed by atoms with Gasteiger partial charge in [0, 0.05) is 44.4 Å². The summed E-state index contributed by atoms with van der Waals surface area (Å²) in [5.41, 5.74) is 3.90. The predicted molar refractivity (Wildman–Crippen MR) is 121 cm³/mol. The number of rotatable bonds is 6. The molecule has 0 fully saturated rings. The van der Waals surface area contributed by atoms with Crippen molar-refractivity contribution < 1.29 is 8.78 Å². The van der Waals surface area contributed by atoms with E-state index in [9.17, 15) is 8.78 Å². The highest BCUT2D eigenvalue weighted by atomic mass is 127. The Kier molecular flexibility index (Phi) is 9.32. The highest BCUT2D eigenvalue weighted by Crippen LogP contribution is 2.19. The second kappa shape index (κ2) is 10.7. The first-order valence-corrected chi connectivity index (χ1v) is 9.14. The average molecular weight is 505 g/mol. The fourth-order valence-electron chi connectivity index (χ4n) is 3.16. The van der Waals surface area contributed by atoms with Gasteiger partial charge in [-0.15, -0.1) is 24.0 Å². The van der Waals surface area contributed by atoms with Crippen LogP contribution in [0.1, 0.15) is 42.3 Å². The molecule has 0 amide bonds. The molecule has 0 aliphatic heterocycles. The molecule has 0 aliphatic rings. The van der Waals surface area contributed by atoms with Gasteiger partial charge in [0.25, 0.3) is 0 Å². The molecule has 2 unspecified atom stereocenters. The fraction of sp³-hybridized carbons (Fsp3) is 0.500. The van der Waals surface area contributed by atoms with E-state index in [4.69, 9.17) is 0 Å². The van der Waals surface area contributed by atoms with Crippen LogP contribution < -0.4 is 10.6 Å². The third-order valence-electron chi connectivity index (χ3n) is 4.85. The van der Waals surface area contributed by atoms with E-state index >= 15 is 0 Å². The van der Waals surface area contributed by atoms with E-state index in [1.165, 1.54) is 17.7 Å². The van der Waals surface area contributed by atoms with Crippen molar-refractivity contribution in [2.75, 3.05) is 13.6 Å². The van der Waals surface area contributed by atoms with Gasteiger partial charge in [-0.05, 0) is 44.4 Å². The van der Waals surface area contributed by atoms with E-state index in [2.05, 4.69) is 34.6 Å². The van der Waals surface area contributed by atoms with Gasteiger partial charge >= 0.3 is 0 Å². The van der Waals surface area contributed by atoms with Gasteiger partial charge in [0.15, 0.2) is 5.96 Å². The summed E-state index contributed by atoms with van der Waals surface area (Å²) in [6.45, 7) is 8.54. The molecule has 2 aromatic rings. The predicted octanol–water partition coefficient (Wildman–Crippen LogP) is 3.83. The Morgan fingerprint density at radius 1 is 1.25 bits per heavy atom. The van der Waals surface area contributed by atoms with Gasteiger partial charge in [0.1, 0.15) is 11.6 Å². The molecule has 1 aromatic heterocycles. The average Bonchev–Trinajstić information content (AvgIpc) is 2.84. The van der Waals surface area contributed by atoms with Crippen molar-refractivity contribution in [3.05, 3.63) is 52.3 Å². The van der Waals surface area contributed by atoms with Crippen molar-refractivity contribution in [3.63, 3.8) is 0 Å². The Morgan fingerprint density at radius 3 is 2.46 bits per heavy atom. The minimum atomic E-state index is -0.566. The number of aliphatic imine (C=N–C) groups is 1. The Balaban J connectivity index is 0.00000392. The number of hydrogen-bond donors (Lipinski definition) is 2. The number of benzene rings is 1. The molecule has 156 valence electrons. The van der Waals surface area contributed by atoms with Gasteiger partial charge in [-0.2, -0.15) is 5.10 Å². The quantitative estimate of drug-likeness (QED) is 0.357. The van der Waals surface area contributed by atoms with Gasteiger partial charge in [0.2, 0.25) is 0 Å². The van der Waals surface area contributed by atoms with Crippen LogP contribution in [0.15, 0.2) is 23.2 Å². The van der Waals surface area contributed by atoms with Gasteiger partial charge in [-0.3, -0.25) is 9.67 Å². The van der Waals surface area contributed by atoms with Gasteiger partial charge in [-0.25, -0.2) is 8.78 Å². The Bertz CT molecular complexity index is 819. The lowest BCUT2D eigenvalue weighted by Crippen LogP contribution is -2.44. The molecule has 0 saturated carbocycles. The van der Waals surface area contributed by atoms with E-state index in [1.807, 2.05) is 25.6 Å². The maximum Gasteiger partial charge on any atom is 0.191 e. The largest absolute Gasteiger partial charge is 0.356 e. The standard InChI is InChI=1S/C20H29F2N5.HI/c1-12(17-8-7-16(21)10-19(17)22)11-24-20(23-5)25-13(2)9-18-14(3)26-27(6)15(18)4;/h7-8,10,12-13H,9,11H2,1-6H3,(H2,23,24,25);1H. The smallest absolute Gasteiger partial charge is 0.191 e. The second-order valence-corrected chi connectivity index (χ2v) is 7.04. The van der Waals surface area contributed by atoms with Crippen LogP contribution in [0.2, 0.25) is 0 Å². The van der Waals surface area contributed by atoms with Crippen LogP contribution in [0.5, 0.6) is 0 Å². The van der Waals surface area contributed by atoms with Crippen LogP contribution in [-0.2, 0) is 13.5 Å². The van der Waals surface area contributed by atoms with Crippen LogP contribution in [-0.4, -0.2) is 35.4 Å². The molecule has 2 rings (SSSR count). The fourth-order valence-corrected chi connectivity index (χ4v) is 3.16. The SMILES string of the molecule is CN=C(NCC(C)c1ccc(F)cc1F)NC(C)Cc1c(C)nn(C)c1C.I. The van der Waals surface area contributed by atoms with Crippen molar-refractivity contribution in [2.24, 2.45) is 12.0 Å². The van der Waals surface area contributed by atoms with E-state index in [-0.39, 0.29) is 35.9 Å². The van der Waals surface area contributed by atoms with E-state index in [1.54, 1.807) is 7.05 Å². The molecule has 1 aromatic carbocycles. The second-order valence-electron chi connectivity index (χ2n) is 7.04. The molecular formula is C20H30F2IN5. The Morgan fingerprint density at radius 2 is 1.93 bits per heavy atom. The topological polar surface area (TPSA) is 54.2 Å². The normalized spacial score (nSPS) is 13.6. The molecule has 0 bridgehead atoms. The lowest BCUT2D eigenvalue weighted by molar-refractivity contribution is 0.554. The molecular weight excluding hydrogens is 475 g/mol. The van der Waals surface area contributed by atoms with Crippen molar-refractivity contribution in [1.29, 1.82) is 0 Å². The maximum absolute atomic E-state index is 13.9. The number of aryl methyl sites for hydroxylation is 2. The maximum atomic E-state index is 13.9. The highest BCUT2D eigenvalue weighted by molar-refractivity contribution is 14.0. The summed E-state index contributed by atoms with van der Waals surface area (Å²) in [6.07, 6.45) is 0.828. The van der Waals surface area contributed by atoms with Crippen LogP contribution >= 0.6 is 24.0 Å². The van der Waals surface area contributed by atoms with Crippen LogP contribution in [0, 0.1) is 25.5 Å². The molecule has 2 atom stereocenters. The zero-order valence-electron chi connectivity index (χ0n) is 17.3. The minimum Gasteiger partial charge on any atom is -0.356 e. The van der Waals surface area contributed by atoms with Crippen LogP contribution in [0.4, 0.5) is 8.78 Å². The first kappa shape index (κ1) is 24.3. The molecule has 0 saturated heterocycles. The van der Waals surface area contributed by atoms with E-state index in [0.717, 1.165) is 23.9 Å². The first-order valence-electron chi connectivity index (χ1n) is 9.14. The van der Waals surface area contributed by atoms with Crippen molar-refractivity contribution in [3.8, 4) is 0 Å². The number of hydrogen-bond acceptors (Lipinski definition) is 2. The van der Waals surface area contributed by atoms with Gasteiger partial charge in [-0.1, -0.05) is 13.0 Å². The first-order chi connectivity index (χ1) is 12.7. The molecule has 5 nitrogen and oxygen atoms in total. The van der Waals surface area contributed by atoms with Crippen LogP contribution in [0.25, 0.3) is 0 Å². The minimum absolute atomic E-state index is 0. The number of nitrogens with zero attached hydrogens (tertiary/aromatic N) is 3.